The van der Waals surface area contributed by atoms with E-state index in [1.807, 2.05) is 37.3 Å². The van der Waals surface area contributed by atoms with Crippen molar-refractivity contribution in [1.82, 2.24) is 4.67 Å². The number of hydrogen-bond donors (Lipinski definition) is 0. The highest BCUT2D eigenvalue weighted by Crippen LogP contribution is 2.70. The summed E-state index contributed by atoms with van der Waals surface area (Å²) >= 11 is 0. The summed E-state index contributed by atoms with van der Waals surface area (Å²) in [6.45, 7) is 1.91. The largest absolute Gasteiger partial charge is 0.311 e. The molecule has 22 heavy (non-hydrogen) atoms. The predicted octanol–water partition coefficient (Wildman–Crippen LogP) is 4.94. The zero-order valence-corrected chi connectivity index (χ0v) is 13.5. The molecule has 0 bridgehead atoms. The van der Waals surface area contributed by atoms with Gasteiger partial charge in [0.25, 0.3) is 0 Å². The van der Waals surface area contributed by atoms with Crippen LogP contribution in [0.2, 0.25) is 0 Å². The Morgan fingerprint density at radius 2 is 1.64 bits per heavy atom. The van der Waals surface area contributed by atoms with E-state index in [1.165, 1.54) is 0 Å². The van der Waals surface area contributed by atoms with Crippen LogP contribution >= 0.6 is 7.52 Å². The van der Waals surface area contributed by atoms with E-state index in [0.29, 0.717) is 5.56 Å². The third-order valence-electron chi connectivity index (χ3n) is 4.22. The van der Waals surface area contributed by atoms with Crippen molar-refractivity contribution in [3.8, 4) is 0 Å². The monoisotopic (exact) mass is 319 g/mol. The summed E-state index contributed by atoms with van der Waals surface area (Å²) in [5, 5.41) is 0. The molecule has 0 aliphatic carbocycles. The Bertz CT molecular complexity index is 680. The number of rotatable bonds is 3. The van der Waals surface area contributed by atoms with E-state index in [-0.39, 0.29) is 12.1 Å². The van der Waals surface area contributed by atoms with Gasteiger partial charge in [-0.2, -0.15) is 0 Å². The molecule has 4 atom stereocenters. The standard InChI is InChI=1S/C17H19FNO2P/c1-13-16(14-9-5-3-6-10-14)21-22(20,19(13)2)17(18)15-11-7-4-8-12-15/h3-13,16-17H,1-2H3/t13-,16-,17-,22+/m0/s1. The van der Waals surface area contributed by atoms with Gasteiger partial charge in [0, 0.05) is 6.04 Å². The van der Waals surface area contributed by atoms with Crippen LogP contribution in [0.3, 0.4) is 0 Å². The maximum absolute atomic E-state index is 14.9. The Morgan fingerprint density at radius 1 is 1.09 bits per heavy atom. The topological polar surface area (TPSA) is 29.5 Å². The van der Waals surface area contributed by atoms with Crippen LogP contribution in [-0.4, -0.2) is 17.8 Å². The van der Waals surface area contributed by atoms with Crippen LogP contribution in [0, 0.1) is 0 Å². The molecule has 3 nitrogen and oxygen atoms in total. The Hall–Kier alpha value is -1.48. The Morgan fingerprint density at radius 3 is 2.23 bits per heavy atom. The minimum Gasteiger partial charge on any atom is -0.305 e. The van der Waals surface area contributed by atoms with Gasteiger partial charge in [0.15, 0.2) is 0 Å². The van der Waals surface area contributed by atoms with E-state index in [1.54, 1.807) is 42.0 Å². The number of likely N-dealkylation sites (N-methyl/N-ethyl adjacent to an activating group) is 1. The zero-order chi connectivity index (χ0) is 15.7. The Labute approximate surface area is 130 Å². The average Bonchev–Trinajstić information content (AvgIpc) is 2.81. The van der Waals surface area contributed by atoms with Crippen LogP contribution < -0.4 is 0 Å². The average molecular weight is 319 g/mol. The second kappa shape index (κ2) is 5.96. The van der Waals surface area contributed by atoms with E-state index >= 15 is 0 Å². The minimum atomic E-state index is -3.59. The Kier molecular flexibility index (Phi) is 4.18. The summed E-state index contributed by atoms with van der Waals surface area (Å²) < 4.78 is 35.4. The molecule has 0 aromatic heterocycles. The quantitative estimate of drug-likeness (QED) is 0.751. The molecular weight excluding hydrogens is 300 g/mol. The third-order valence-corrected chi connectivity index (χ3v) is 6.87. The number of nitrogens with zero attached hydrogens (tertiary/aromatic N) is 1. The van der Waals surface area contributed by atoms with Gasteiger partial charge in [-0.3, -0.25) is 4.57 Å². The highest BCUT2D eigenvalue weighted by Gasteiger charge is 2.52. The molecule has 116 valence electrons. The van der Waals surface area contributed by atoms with Crippen molar-refractivity contribution >= 4 is 7.52 Å². The van der Waals surface area contributed by atoms with E-state index in [0.717, 1.165) is 5.56 Å². The first-order valence-corrected chi connectivity index (χ1v) is 8.94. The van der Waals surface area contributed by atoms with Crippen LogP contribution in [0.15, 0.2) is 60.7 Å². The highest BCUT2D eigenvalue weighted by atomic mass is 31.2. The van der Waals surface area contributed by atoms with Gasteiger partial charge in [-0.25, -0.2) is 9.06 Å². The molecule has 0 radical (unpaired) electrons. The van der Waals surface area contributed by atoms with Crippen LogP contribution in [0.4, 0.5) is 4.39 Å². The van der Waals surface area contributed by atoms with Gasteiger partial charge < -0.3 is 4.52 Å². The van der Waals surface area contributed by atoms with Crippen molar-refractivity contribution < 1.29 is 13.5 Å². The second-order valence-corrected chi connectivity index (χ2v) is 7.98. The van der Waals surface area contributed by atoms with Crippen molar-refractivity contribution in [1.29, 1.82) is 0 Å². The fourth-order valence-electron chi connectivity index (χ4n) is 2.77. The number of halogens is 1. The van der Waals surface area contributed by atoms with Crippen molar-refractivity contribution in [3.05, 3.63) is 71.8 Å². The summed E-state index contributed by atoms with van der Waals surface area (Å²) in [5.74, 6) is -1.64. The number of alkyl halides is 1. The molecule has 0 N–H and O–H groups in total. The fourth-order valence-corrected chi connectivity index (χ4v) is 5.15. The van der Waals surface area contributed by atoms with E-state index in [4.69, 9.17) is 4.52 Å². The third kappa shape index (κ3) is 2.52. The molecule has 0 spiro atoms. The summed E-state index contributed by atoms with van der Waals surface area (Å²) in [7, 11) is -1.91. The highest BCUT2D eigenvalue weighted by molar-refractivity contribution is 7.56. The Balaban J connectivity index is 1.93. The van der Waals surface area contributed by atoms with Gasteiger partial charge in [0.1, 0.15) is 6.10 Å². The summed E-state index contributed by atoms with van der Waals surface area (Å²) in [6.07, 6.45) is -0.390. The lowest BCUT2D eigenvalue weighted by molar-refractivity contribution is 0.203. The molecular formula is C17H19FNO2P. The molecule has 0 unspecified atom stereocenters. The molecule has 2 aromatic rings. The van der Waals surface area contributed by atoms with Gasteiger partial charge >= 0.3 is 7.52 Å². The van der Waals surface area contributed by atoms with Crippen molar-refractivity contribution in [3.63, 3.8) is 0 Å². The van der Waals surface area contributed by atoms with Crippen molar-refractivity contribution in [2.75, 3.05) is 7.05 Å². The minimum absolute atomic E-state index is 0.157. The molecule has 5 heteroatoms. The number of hydrogen-bond acceptors (Lipinski definition) is 2. The van der Waals surface area contributed by atoms with Crippen LogP contribution in [0.25, 0.3) is 0 Å². The zero-order valence-electron chi connectivity index (χ0n) is 12.6. The molecule has 2 aromatic carbocycles. The first-order valence-electron chi connectivity index (χ1n) is 7.29. The molecule has 1 aliphatic heterocycles. The van der Waals surface area contributed by atoms with E-state index in [9.17, 15) is 8.96 Å². The van der Waals surface area contributed by atoms with Crippen LogP contribution in [0.1, 0.15) is 30.1 Å². The molecule has 3 rings (SSSR count). The number of benzene rings is 2. The van der Waals surface area contributed by atoms with Gasteiger partial charge in [0.2, 0.25) is 5.91 Å². The molecule has 0 saturated carbocycles. The van der Waals surface area contributed by atoms with Gasteiger partial charge in [-0.05, 0) is 25.1 Å². The normalized spacial score (nSPS) is 30.3. The maximum Gasteiger partial charge on any atom is 0.311 e. The first kappa shape index (κ1) is 15.4. The van der Waals surface area contributed by atoms with Crippen molar-refractivity contribution in [2.45, 2.75) is 25.0 Å². The van der Waals surface area contributed by atoms with E-state index in [2.05, 4.69) is 0 Å². The van der Waals surface area contributed by atoms with Gasteiger partial charge in [0.05, 0.1) is 0 Å². The summed E-state index contributed by atoms with van der Waals surface area (Å²) in [6, 6.07) is 18.0. The van der Waals surface area contributed by atoms with Crippen LogP contribution in [-0.2, 0) is 9.09 Å². The van der Waals surface area contributed by atoms with Crippen LogP contribution in [0.5, 0.6) is 0 Å². The lowest BCUT2D eigenvalue weighted by atomic mass is 10.0. The van der Waals surface area contributed by atoms with Gasteiger partial charge in [-0.1, -0.05) is 60.7 Å². The maximum atomic E-state index is 14.9. The molecule has 1 fully saturated rings. The lowest BCUT2D eigenvalue weighted by Gasteiger charge is -2.23. The fraction of sp³-hybridized carbons (Fsp3) is 0.294. The molecule has 0 amide bonds. The second-order valence-electron chi connectivity index (χ2n) is 5.56. The molecule has 1 aliphatic rings. The summed E-state index contributed by atoms with van der Waals surface area (Å²) in [4.78, 5) is 0. The van der Waals surface area contributed by atoms with Gasteiger partial charge in [-0.15, -0.1) is 0 Å². The predicted molar refractivity (Wildman–Crippen MR) is 85.4 cm³/mol. The molecule has 1 saturated heterocycles. The molecule has 1 heterocycles. The van der Waals surface area contributed by atoms with E-state index < -0.39 is 13.4 Å². The SMILES string of the molecule is C[C@H]1[C@@H](c2ccccc2)O[P@](=O)([C@H](F)c2ccccc2)N1C. The first-order chi connectivity index (χ1) is 10.5. The lowest BCUT2D eigenvalue weighted by Crippen LogP contribution is -2.24. The van der Waals surface area contributed by atoms with Crippen molar-refractivity contribution in [2.24, 2.45) is 0 Å². The smallest absolute Gasteiger partial charge is 0.305 e. The summed E-state index contributed by atoms with van der Waals surface area (Å²) in [5.41, 5.74) is 1.30.